The average molecular weight is 261 g/mol. The lowest BCUT2D eigenvalue weighted by Crippen LogP contribution is -2.12. The highest BCUT2D eigenvalue weighted by Crippen LogP contribution is 2.14. The monoisotopic (exact) mass is 260 g/mol. The van der Waals surface area contributed by atoms with Crippen LogP contribution in [0.3, 0.4) is 0 Å². The predicted molar refractivity (Wildman–Crippen MR) is 73.2 cm³/mol. The Hall–Kier alpha value is -0.500. The zero-order valence-corrected chi connectivity index (χ0v) is 11.9. The molecule has 0 saturated heterocycles. The van der Waals surface area contributed by atoms with Crippen molar-refractivity contribution in [1.29, 1.82) is 0 Å². The van der Waals surface area contributed by atoms with Crippen molar-refractivity contribution in [1.82, 2.24) is 0 Å². The van der Waals surface area contributed by atoms with Gasteiger partial charge in [0.2, 0.25) is 0 Å². The van der Waals surface area contributed by atoms with Crippen molar-refractivity contribution in [2.24, 2.45) is 0 Å². The van der Waals surface area contributed by atoms with Gasteiger partial charge in [-0.3, -0.25) is 0 Å². The van der Waals surface area contributed by atoms with Gasteiger partial charge in [0, 0.05) is 5.57 Å². The molecule has 0 aliphatic rings. The smallest absolute Gasteiger partial charge is 0.334 e. The van der Waals surface area contributed by atoms with Gasteiger partial charge in [0.25, 0.3) is 0 Å². The quantitative estimate of drug-likeness (QED) is 0.244. The molecule has 0 heterocycles. The van der Waals surface area contributed by atoms with Crippen molar-refractivity contribution in [3.8, 4) is 0 Å². The van der Waals surface area contributed by atoms with Gasteiger partial charge in [0.05, 0.1) is 0 Å². The number of carbonyl (C=O) groups is 1. The van der Waals surface area contributed by atoms with E-state index < -0.39 is 11.5 Å². The maximum absolute atomic E-state index is 11.2. The maximum Gasteiger partial charge on any atom is 0.334 e. The Morgan fingerprint density at radius 1 is 1.18 bits per heavy atom. The van der Waals surface area contributed by atoms with Gasteiger partial charge in [-0.25, -0.2) is 4.79 Å². The molecule has 1 atom stereocenters. The highest BCUT2D eigenvalue weighted by molar-refractivity contribution is 6.20. The minimum Gasteiger partial charge on any atom is -0.443 e. The highest BCUT2D eigenvalue weighted by atomic mass is 35.5. The second-order valence-electron chi connectivity index (χ2n) is 4.51. The van der Waals surface area contributed by atoms with Gasteiger partial charge in [-0.2, -0.15) is 0 Å². The van der Waals surface area contributed by atoms with Gasteiger partial charge in [0.1, 0.15) is 0 Å². The largest absolute Gasteiger partial charge is 0.443 e. The SMILES string of the molecule is C=C(C)C(=O)OC(Cl)CCCCCCCCC. The number of esters is 1. The third-order valence-electron chi connectivity index (χ3n) is 2.62. The van der Waals surface area contributed by atoms with Crippen molar-refractivity contribution in [3.63, 3.8) is 0 Å². The van der Waals surface area contributed by atoms with Crippen LogP contribution in [0.1, 0.15) is 65.2 Å². The van der Waals surface area contributed by atoms with Gasteiger partial charge >= 0.3 is 5.97 Å². The van der Waals surface area contributed by atoms with Crippen molar-refractivity contribution in [2.75, 3.05) is 0 Å². The third kappa shape index (κ3) is 10.4. The van der Waals surface area contributed by atoms with E-state index >= 15 is 0 Å². The van der Waals surface area contributed by atoms with Gasteiger partial charge in [-0.05, 0) is 19.8 Å². The first-order chi connectivity index (χ1) is 8.07. The van der Waals surface area contributed by atoms with Crippen LogP contribution in [-0.4, -0.2) is 11.5 Å². The molecule has 2 nitrogen and oxygen atoms in total. The van der Waals surface area contributed by atoms with E-state index in [0.29, 0.717) is 5.57 Å². The van der Waals surface area contributed by atoms with Gasteiger partial charge in [0.15, 0.2) is 5.56 Å². The Morgan fingerprint density at radius 3 is 2.24 bits per heavy atom. The molecule has 0 aliphatic heterocycles. The average Bonchev–Trinajstić information content (AvgIpc) is 2.27. The summed E-state index contributed by atoms with van der Waals surface area (Å²) >= 11 is 5.90. The molecule has 0 aromatic rings. The lowest BCUT2D eigenvalue weighted by Gasteiger charge is -2.10. The third-order valence-corrected chi connectivity index (χ3v) is 2.93. The minimum absolute atomic E-state index is 0.395. The fraction of sp³-hybridized carbons (Fsp3) is 0.786. The predicted octanol–water partition coefficient (Wildman–Crippen LogP) is 4.81. The molecule has 0 spiro atoms. The first-order valence-corrected chi connectivity index (χ1v) is 7.02. The van der Waals surface area contributed by atoms with Crippen LogP contribution >= 0.6 is 11.6 Å². The second kappa shape index (κ2) is 10.6. The van der Waals surface area contributed by atoms with Crippen molar-refractivity contribution < 1.29 is 9.53 Å². The van der Waals surface area contributed by atoms with Crippen LogP contribution in [0.4, 0.5) is 0 Å². The topological polar surface area (TPSA) is 26.3 Å². The molecule has 3 heteroatoms. The number of hydrogen-bond donors (Lipinski definition) is 0. The molecule has 100 valence electrons. The van der Waals surface area contributed by atoms with Crippen LogP contribution in [0.15, 0.2) is 12.2 Å². The van der Waals surface area contributed by atoms with Crippen LogP contribution in [0.5, 0.6) is 0 Å². The molecule has 0 aliphatic carbocycles. The van der Waals surface area contributed by atoms with Crippen LogP contribution in [-0.2, 0) is 9.53 Å². The number of unbranched alkanes of at least 4 members (excludes halogenated alkanes) is 6. The number of carbonyl (C=O) groups excluding carboxylic acids is 1. The fourth-order valence-corrected chi connectivity index (χ4v) is 1.77. The zero-order chi connectivity index (χ0) is 13.1. The summed E-state index contributed by atoms with van der Waals surface area (Å²) < 4.78 is 4.98. The van der Waals surface area contributed by atoms with E-state index in [1.807, 2.05) is 0 Å². The summed E-state index contributed by atoms with van der Waals surface area (Å²) in [6, 6.07) is 0. The lowest BCUT2D eigenvalue weighted by atomic mass is 10.1. The Balaban J connectivity index is 3.36. The Bertz CT molecular complexity index is 226. The molecule has 1 unspecified atom stereocenters. The fourth-order valence-electron chi connectivity index (χ4n) is 1.54. The van der Waals surface area contributed by atoms with E-state index in [2.05, 4.69) is 13.5 Å². The number of ether oxygens (including phenoxy) is 1. The number of halogens is 1. The van der Waals surface area contributed by atoms with E-state index in [0.717, 1.165) is 19.3 Å². The molecular formula is C14H25ClO2. The Labute approximate surface area is 110 Å². The summed E-state index contributed by atoms with van der Waals surface area (Å²) in [6.07, 6.45) is 9.39. The summed E-state index contributed by atoms with van der Waals surface area (Å²) in [5.41, 5.74) is -0.106. The number of rotatable bonds is 10. The Morgan fingerprint density at radius 2 is 1.71 bits per heavy atom. The van der Waals surface area contributed by atoms with Crippen LogP contribution < -0.4 is 0 Å². The van der Waals surface area contributed by atoms with E-state index in [4.69, 9.17) is 16.3 Å². The van der Waals surface area contributed by atoms with E-state index in [-0.39, 0.29) is 0 Å². The highest BCUT2D eigenvalue weighted by Gasteiger charge is 2.10. The summed E-state index contributed by atoms with van der Waals surface area (Å²) in [5, 5.41) is 0. The van der Waals surface area contributed by atoms with Crippen LogP contribution in [0.25, 0.3) is 0 Å². The molecule has 0 amide bonds. The van der Waals surface area contributed by atoms with Crippen molar-refractivity contribution in [3.05, 3.63) is 12.2 Å². The molecule has 0 bridgehead atoms. The summed E-state index contributed by atoms with van der Waals surface area (Å²) in [6.45, 7) is 7.35. The molecule has 0 rings (SSSR count). The molecular weight excluding hydrogens is 236 g/mol. The van der Waals surface area contributed by atoms with E-state index in [9.17, 15) is 4.79 Å². The first kappa shape index (κ1) is 16.5. The molecule has 0 aromatic carbocycles. The van der Waals surface area contributed by atoms with Gasteiger partial charge < -0.3 is 4.74 Å². The maximum atomic E-state index is 11.2. The van der Waals surface area contributed by atoms with Crippen LogP contribution in [0.2, 0.25) is 0 Å². The summed E-state index contributed by atoms with van der Waals surface area (Å²) in [7, 11) is 0. The van der Waals surface area contributed by atoms with E-state index in [1.165, 1.54) is 32.1 Å². The van der Waals surface area contributed by atoms with Crippen LogP contribution in [0, 0.1) is 0 Å². The minimum atomic E-state index is -0.505. The summed E-state index contributed by atoms with van der Waals surface area (Å²) in [4.78, 5) is 11.2. The molecule has 0 N–H and O–H groups in total. The first-order valence-electron chi connectivity index (χ1n) is 6.58. The molecule has 0 radical (unpaired) electrons. The van der Waals surface area contributed by atoms with Crippen molar-refractivity contribution >= 4 is 17.6 Å². The summed E-state index contributed by atoms with van der Waals surface area (Å²) in [5.74, 6) is -0.395. The van der Waals surface area contributed by atoms with E-state index in [1.54, 1.807) is 6.92 Å². The Kier molecular flexibility index (Phi) is 10.3. The normalized spacial score (nSPS) is 12.2. The van der Waals surface area contributed by atoms with Gasteiger partial charge in [-0.1, -0.05) is 63.6 Å². The standard InChI is InChI=1S/C14H25ClO2/c1-4-5-6-7-8-9-10-11-13(15)17-14(16)12(2)3/h13H,2,4-11H2,1,3H3. The van der Waals surface area contributed by atoms with Gasteiger partial charge in [-0.15, -0.1) is 0 Å². The second-order valence-corrected chi connectivity index (χ2v) is 4.99. The van der Waals surface area contributed by atoms with Crippen molar-refractivity contribution in [2.45, 2.75) is 70.8 Å². The lowest BCUT2D eigenvalue weighted by molar-refractivity contribution is -0.140. The molecule has 0 aromatic heterocycles. The number of hydrogen-bond acceptors (Lipinski definition) is 2. The number of alkyl halides is 1. The zero-order valence-electron chi connectivity index (χ0n) is 11.1. The molecule has 17 heavy (non-hydrogen) atoms. The molecule has 0 fully saturated rings. The molecule has 0 saturated carbocycles.